The van der Waals surface area contributed by atoms with Crippen molar-refractivity contribution < 1.29 is 0 Å². The van der Waals surface area contributed by atoms with Gasteiger partial charge in [0.15, 0.2) is 5.96 Å². The van der Waals surface area contributed by atoms with Crippen molar-refractivity contribution in [3.63, 3.8) is 0 Å². The van der Waals surface area contributed by atoms with Gasteiger partial charge in [-0.25, -0.2) is 0 Å². The van der Waals surface area contributed by atoms with Crippen LogP contribution in [-0.4, -0.2) is 25.1 Å². The highest BCUT2D eigenvalue weighted by molar-refractivity contribution is 9.10. The summed E-state index contributed by atoms with van der Waals surface area (Å²) in [6, 6.07) is 9.03. The zero-order valence-electron chi connectivity index (χ0n) is 12.5. The van der Waals surface area contributed by atoms with E-state index in [0.717, 1.165) is 23.5 Å². The fraction of sp³-hybridized carbons (Fsp3) is 0.562. The molecule has 1 saturated carbocycles. The highest BCUT2D eigenvalue weighted by Crippen LogP contribution is 2.48. The Bertz CT molecular complexity index is 478. The molecule has 2 rings (SSSR count). The van der Waals surface area contributed by atoms with E-state index in [9.17, 15) is 0 Å². The lowest BCUT2D eigenvalue weighted by Gasteiger charge is -2.17. The van der Waals surface area contributed by atoms with Gasteiger partial charge >= 0.3 is 0 Å². The SMILES string of the molecule is CCNC(=NCC1(c2cccc(Br)c2)CC1)NC(C)C. The standard InChI is InChI=1S/C16H24BrN3/c1-4-18-15(20-12(2)3)19-11-16(8-9-16)13-6-5-7-14(17)10-13/h5-7,10,12H,4,8-9,11H2,1-3H3,(H2,18,19,20). The summed E-state index contributed by atoms with van der Waals surface area (Å²) in [5.41, 5.74) is 1.65. The van der Waals surface area contributed by atoms with Gasteiger partial charge in [-0.1, -0.05) is 28.1 Å². The molecule has 1 aromatic carbocycles. The van der Waals surface area contributed by atoms with Crippen molar-refractivity contribution in [2.24, 2.45) is 4.99 Å². The molecule has 110 valence electrons. The second kappa shape index (κ2) is 6.61. The molecule has 0 radical (unpaired) electrons. The lowest BCUT2D eigenvalue weighted by molar-refractivity contribution is 0.669. The van der Waals surface area contributed by atoms with Crippen LogP contribution in [0.25, 0.3) is 0 Å². The molecule has 1 aliphatic carbocycles. The Morgan fingerprint density at radius 3 is 2.70 bits per heavy atom. The zero-order valence-corrected chi connectivity index (χ0v) is 14.1. The molecule has 0 amide bonds. The highest BCUT2D eigenvalue weighted by atomic mass is 79.9. The number of halogens is 1. The van der Waals surface area contributed by atoms with Gasteiger partial charge in [-0.3, -0.25) is 4.99 Å². The number of hydrogen-bond acceptors (Lipinski definition) is 1. The van der Waals surface area contributed by atoms with Crippen LogP contribution in [0.2, 0.25) is 0 Å². The third-order valence-electron chi connectivity index (χ3n) is 3.60. The number of benzene rings is 1. The van der Waals surface area contributed by atoms with Crippen molar-refractivity contribution in [2.75, 3.05) is 13.1 Å². The van der Waals surface area contributed by atoms with Crippen LogP contribution in [0.4, 0.5) is 0 Å². The monoisotopic (exact) mass is 337 g/mol. The predicted octanol–water partition coefficient (Wildman–Crippen LogP) is 3.44. The van der Waals surface area contributed by atoms with Gasteiger partial charge in [0.2, 0.25) is 0 Å². The summed E-state index contributed by atoms with van der Waals surface area (Å²) in [5.74, 6) is 0.920. The van der Waals surface area contributed by atoms with Crippen molar-refractivity contribution >= 4 is 21.9 Å². The fourth-order valence-corrected chi connectivity index (χ4v) is 2.73. The first-order valence-electron chi connectivity index (χ1n) is 7.36. The number of guanidine groups is 1. The van der Waals surface area contributed by atoms with Crippen LogP contribution >= 0.6 is 15.9 Å². The third-order valence-corrected chi connectivity index (χ3v) is 4.09. The van der Waals surface area contributed by atoms with Gasteiger partial charge < -0.3 is 10.6 Å². The van der Waals surface area contributed by atoms with Crippen LogP contribution < -0.4 is 10.6 Å². The van der Waals surface area contributed by atoms with Gasteiger partial charge in [0.05, 0.1) is 6.54 Å². The molecule has 0 bridgehead atoms. The van der Waals surface area contributed by atoms with E-state index in [1.165, 1.54) is 18.4 Å². The van der Waals surface area contributed by atoms with Gasteiger partial charge in [0.25, 0.3) is 0 Å². The Morgan fingerprint density at radius 1 is 1.40 bits per heavy atom. The normalized spacial score (nSPS) is 17.1. The van der Waals surface area contributed by atoms with Crippen LogP contribution in [0, 0.1) is 0 Å². The number of nitrogens with zero attached hydrogens (tertiary/aromatic N) is 1. The molecule has 1 aromatic rings. The topological polar surface area (TPSA) is 36.4 Å². The van der Waals surface area contributed by atoms with Crippen LogP contribution in [-0.2, 0) is 5.41 Å². The first-order chi connectivity index (χ1) is 9.55. The van der Waals surface area contributed by atoms with Crippen LogP contribution in [0.3, 0.4) is 0 Å². The minimum Gasteiger partial charge on any atom is -0.357 e. The molecule has 0 spiro atoms. The lowest BCUT2D eigenvalue weighted by Crippen LogP contribution is -2.41. The minimum absolute atomic E-state index is 0.253. The third kappa shape index (κ3) is 3.98. The molecule has 0 saturated heterocycles. The zero-order chi connectivity index (χ0) is 14.6. The van der Waals surface area contributed by atoms with Gasteiger partial charge in [0.1, 0.15) is 0 Å². The van der Waals surface area contributed by atoms with Crippen molar-refractivity contribution in [1.82, 2.24) is 10.6 Å². The van der Waals surface area contributed by atoms with Crippen molar-refractivity contribution in [3.8, 4) is 0 Å². The molecule has 0 aliphatic heterocycles. The summed E-state index contributed by atoms with van der Waals surface area (Å²) in [6.07, 6.45) is 2.46. The highest BCUT2D eigenvalue weighted by Gasteiger charge is 2.44. The second-order valence-electron chi connectivity index (χ2n) is 5.78. The molecule has 0 unspecified atom stereocenters. The van der Waals surface area contributed by atoms with E-state index in [0.29, 0.717) is 6.04 Å². The summed E-state index contributed by atoms with van der Waals surface area (Å²) >= 11 is 3.56. The average molecular weight is 338 g/mol. The molecular weight excluding hydrogens is 314 g/mol. The number of nitrogens with one attached hydrogen (secondary N) is 2. The predicted molar refractivity (Wildman–Crippen MR) is 89.3 cm³/mol. The Hall–Kier alpha value is -1.03. The molecule has 1 aliphatic rings. The second-order valence-corrected chi connectivity index (χ2v) is 6.70. The summed E-state index contributed by atoms with van der Waals surface area (Å²) in [5, 5.41) is 6.68. The molecular formula is C16H24BrN3. The maximum atomic E-state index is 4.77. The van der Waals surface area contributed by atoms with E-state index in [1.54, 1.807) is 0 Å². The largest absolute Gasteiger partial charge is 0.357 e. The first kappa shape index (κ1) is 15.4. The van der Waals surface area contributed by atoms with Crippen LogP contribution in [0.1, 0.15) is 39.2 Å². The number of hydrogen-bond donors (Lipinski definition) is 2. The molecule has 1 fully saturated rings. The Kier molecular flexibility index (Phi) is 5.08. The van der Waals surface area contributed by atoms with Gasteiger partial charge in [0, 0.05) is 22.5 Å². The van der Waals surface area contributed by atoms with E-state index in [1.807, 2.05) is 0 Å². The maximum absolute atomic E-state index is 4.77. The Balaban J connectivity index is 2.07. The fourth-order valence-electron chi connectivity index (χ4n) is 2.33. The molecule has 2 N–H and O–H groups in total. The lowest BCUT2D eigenvalue weighted by atomic mass is 9.96. The van der Waals surface area contributed by atoms with Crippen molar-refractivity contribution in [3.05, 3.63) is 34.3 Å². The van der Waals surface area contributed by atoms with E-state index >= 15 is 0 Å². The number of rotatable bonds is 5. The minimum atomic E-state index is 0.253. The van der Waals surface area contributed by atoms with Gasteiger partial charge in [-0.15, -0.1) is 0 Å². The van der Waals surface area contributed by atoms with E-state index in [4.69, 9.17) is 4.99 Å². The smallest absolute Gasteiger partial charge is 0.191 e. The van der Waals surface area contributed by atoms with Gasteiger partial charge in [-0.2, -0.15) is 0 Å². The number of aliphatic imine (C=N–C) groups is 1. The first-order valence-corrected chi connectivity index (χ1v) is 8.16. The quantitative estimate of drug-likeness (QED) is 0.637. The summed E-state index contributed by atoms with van der Waals surface area (Å²) < 4.78 is 1.15. The average Bonchev–Trinajstić information content (AvgIpc) is 3.17. The Morgan fingerprint density at radius 2 is 2.15 bits per heavy atom. The maximum Gasteiger partial charge on any atom is 0.191 e. The van der Waals surface area contributed by atoms with Crippen molar-refractivity contribution in [1.29, 1.82) is 0 Å². The van der Waals surface area contributed by atoms with Gasteiger partial charge in [-0.05, 0) is 51.3 Å². The summed E-state index contributed by atoms with van der Waals surface area (Å²) in [6.45, 7) is 8.11. The van der Waals surface area contributed by atoms with E-state index < -0.39 is 0 Å². The van der Waals surface area contributed by atoms with E-state index in [-0.39, 0.29) is 5.41 Å². The summed E-state index contributed by atoms with van der Waals surface area (Å²) in [7, 11) is 0. The molecule has 0 atom stereocenters. The molecule has 3 nitrogen and oxygen atoms in total. The molecule has 4 heteroatoms. The van der Waals surface area contributed by atoms with Crippen molar-refractivity contribution in [2.45, 2.75) is 45.1 Å². The molecule has 0 heterocycles. The molecule has 20 heavy (non-hydrogen) atoms. The van der Waals surface area contributed by atoms with Crippen LogP contribution in [0.15, 0.2) is 33.7 Å². The van der Waals surface area contributed by atoms with E-state index in [2.05, 4.69) is 71.6 Å². The Labute approximate surface area is 130 Å². The molecule has 0 aromatic heterocycles. The summed E-state index contributed by atoms with van der Waals surface area (Å²) in [4.78, 5) is 4.77. The van der Waals surface area contributed by atoms with Crippen LogP contribution in [0.5, 0.6) is 0 Å².